The summed E-state index contributed by atoms with van der Waals surface area (Å²) < 4.78 is 11.4. The van der Waals surface area contributed by atoms with Gasteiger partial charge in [-0.1, -0.05) is 6.07 Å². The first-order valence-electron chi connectivity index (χ1n) is 7.70. The lowest BCUT2D eigenvalue weighted by atomic mass is 10.0. The highest BCUT2D eigenvalue weighted by Crippen LogP contribution is 2.32. The maximum absolute atomic E-state index is 5.76. The number of fused-ring (bicyclic) bond motifs is 1. The van der Waals surface area contributed by atoms with Crippen LogP contribution in [0.5, 0.6) is 11.5 Å². The van der Waals surface area contributed by atoms with Crippen molar-refractivity contribution in [1.82, 2.24) is 10.2 Å². The Labute approximate surface area is 128 Å². The highest BCUT2D eigenvalue weighted by Gasteiger charge is 2.21. The second kappa shape index (κ2) is 6.67. The Kier molecular flexibility index (Phi) is 5.12. The molecule has 2 rings (SSSR count). The molecule has 0 saturated heterocycles. The molecule has 1 aliphatic heterocycles. The molecule has 1 atom stereocenters. The monoisotopic (exact) mass is 292 g/mol. The summed E-state index contributed by atoms with van der Waals surface area (Å²) in [6, 6.07) is 6.52. The molecular weight excluding hydrogens is 264 g/mol. The molecule has 0 aliphatic carbocycles. The van der Waals surface area contributed by atoms with E-state index in [1.54, 1.807) is 0 Å². The molecule has 1 aromatic carbocycles. The fourth-order valence-electron chi connectivity index (χ4n) is 2.13. The summed E-state index contributed by atoms with van der Waals surface area (Å²) in [4.78, 5) is 2.24. The minimum absolute atomic E-state index is 0.125. The van der Waals surface area contributed by atoms with Crippen LogP contribution in [0.4, 0.5) is 0 Å². The minimum atomic E-state index is 0.125. The van der Waals surface area contributed by atoms with Crippen molar-refractivity contribution < 1.29 is 9.47 Å². The number of rotatable bonds is 5. The number of hydrogen-bond acceptors (Lipinski definition) is 4. The summed E-state index contributed by atoms with van der Waals surface area (Å²) >= 11 is 0. The van der Waals surface area contributed by atoms with E-state index in [0.717, 1.165) is 37.7 Å². The van der Waals surface area contributed by atoms with Crippen LogP contribution in [0.3, 0.4) is 0 Å². The van der Waals surface area contributed by atoms with Gasteiger partial charge < -0.3 is 19.7 Å². The zero-order valence-electron chi connectivity index (χ0n) is 13.9. The smallest absolute Gasteiger partial charge is 0.161 e. The van der Waals surface area contributed by atoms with Crippen molar-refractivity contribution in [2.45, 2.75) is 38.8 Å². The van der Waals surface area contributed by atoms with Crippen LogP contribution >= 0.6 is 0 Å². The van der Waals surface area contributed by atoms with Crippen LogP contribution in [0, 0.1) is 0 Å². The lowest BCUT2D eigenvalue weighted by molar-refractivity contribution is 0.185. The summed E-state index contributed by atoms with van der Waals surface area (Å²) in [6.07, 6.45) is 0.939. The summed E-state index contributed by atoms with van der Waals surface area (Å²) in [7, 11) is 4.22. The molecule has 1 N–H and O–H groups in total. The normalized spacial score (nSPS) is 16.7. The van der Waals surface area contributed by atoms with Crippen LogP contribution in [0.1, 0.15) is 38.8 Å². The second-order valence-electron chi connectivity index (χ2n) is 6.57. The number of ether oxygens (including phenoxy) is 2. The van der Waals surface area contributed by atoms with Gasteiger partial charge in [-0.05, 0) is 52.6 Å². The SMILES string of the molecule is CC(NCC(C)(C)N(C)C)c1ccc2c(c1)OCCCO2. The van der Waals surface area contributed by atoms with Crippen LogP contribution in [0.25, 0.3) is 0 Å². The van der Waals surface area contributed by atoms with Gasteiger partial charge >= 0.3 is 0 Å². The fraction of sp³-hybridized carbons (Fsp3) is 0.647. The fourth-order valence-corrected chi connectivity index (χ4v) is 2.13. The molecule has 0 aromatic heterocycles. The Balaban J connectivity index is 2.03. The first kappa shape index (κ1) is 16.1. The maximum Gasteiger partial charge on any atom is 0.161 e. The zero-order valence-corrected chi connectivity index (χ0v) is 13.9. The molecule has 4 heteroatoms. The highest BCUT2D eigenvalue weighted by atomic mass is 16.5. The van der Waals surface area contributed by atoms with Gasteiger partial charge in [0.25, 0.3) is 0 Å². The third kappa shape index (κ3) is 4.11. The van der Waals surface area contributed by atoms with Crippen molar-refractivity contribution >= 4 is 0 Å². The van der Waals surface area contributed by atoms with E-state index in [-0.39, 0.29) is 11.6 Å². The summed E-state index contributed by atoms with van der Waals surface area (Å²) in [6.45, 7) is 9.05. The molecule has 21 heavy (non-hydrogen) atoms. The van der Waals surface area contributed by atoms with Gasteiger partial charge in [-0.3, -0.25) is 0 Å². The van der Waals surface area contributed by atoms with Gasteiger partial charge in [0.15, 0.2) is 11.5 Å². The van der Waals surface area contributed by atoms with E-state index in [2.05, 4.69) is 57.2 Å². The Bertz CT molecular complexity index is 472. The van der Waals surface area contributed by atoms with Crippen molar-refractivity contribution in [3.05, 3.63) is 23.8 Å². The lowest BCUT2D eigenvalue weighted by Crippen LogP contribution is -2.47. The van der Waals surface area contributed by atoms with Crippen LogP contribution in [-0.2, 0) is 0 Å². The van der Waals surface area contributed by atoms with E-state index in [4.69, 9.17) is 9.47 Å². The molecular formula is C17H28N2O2. The number of nitrogens with one attached hydrogen (secondary N) is 1. The molecule has 0 spiro atoms. The van der Waals surface area contributed by atoms with Gasteiger partial charge in [-0.2, -0.15) is 0 Å². The average Bonchev–Trinajstić information content (AvgIpc) is 2.69. The van der Waals surface area contributed by atoms with Crippen LogP contribution in [-0.4, -0.2) is 44.3 Å². The second-order valence-corrected chi connectivity index (χ2v) is 6.57. The maximum atomic E-state index is 5.76. The Morgan fingerprint density at radius 2 is 1.86 bits per heavy atom. The van der Waals surface area contributed by atoms with E-state index < -0.39 is 0 Å². The Morgan fingerprint density at radius 3 is 2.52 bits per heavy atom. The Hall–Kier alpha value is -1.26. The average molecular weight is 292 g/mol. The molecule has 1 aromatic rings. The van der Waals surface area contributed by atoms with Crippen molar-refractivity contribution in [2.24, 2.45) is 0 Å². The van der Waals surface area contributed by atoms with Crippen LogP contribution in [0.2, 0.25) is 0 Å². The van der Waals surface area contributed by atoms with E-state index in [1.165, 1.54) is 5.56 Å². The molecule has 0 bridgehead atoms. The molecule has 0 amide bonds. The Morgan fingerprint density at radius 1 is 1.19 bits per heavy atom. The highest BCUT2D eigenvalue weighted by molar-refractivity contribution is 5.44. The molecule has 0 fully saturated rings. The van der Waals surface area contributed by atoms with Gasteiger partial charge in [0.1, 0.15) is 0 Å². The van der Waals surface area contributed by atoms with E-state index in [0.29, 0.717) is 0 Å². The van der Waals surface area contributed by atoms with Gasteiger partial charge in [-0.15, -0.1) is 0 Å². The summed E-state index contributed by atoms with van der Waals surface area (Å²) in [5.74, 6) is 1.72. The van der Waals surface area contributed by atoms with E-state index in [1.807, 2.05) is 6.07 Å². The molecule has 118 valence electrons. The summed E-state index contributed by atoms with van der Waals surface area (Å²) in [5.41, 5.74) is 1.35. The molecule has 1 aliphatic rings. The lowest BCUT2D eigenvalue weighted by Gasteiger charge is -2.34. The van der Waals surface area contributed by atoms with Gasteiger partial charge in [-0.25, -0.2) is 0 Å². The van der Waals surface area contributed by atoms with Gasteiger partial charge in [0.2, 0.25) is 0 Å². The number of benzene rings is 1. The van der Waals surface area contributed by atoms with Crippen molar-refractivity contribution in [3.63, 3.8) is 0 Å². The molecule has 1 unspecified atom stereocenters. The summed E-state index contributed by atoms with van der Waals surface area (Å²) in [5, 5.41) is 3.60. The third-order valence-corrected chi connectivity index (χ3v) is 4.32. The number of nitrogens with zero attached hydrogens (tertiary/aromatic N) is 1. The topological polar surface area (TPSA) is 33.7 Å². The predicted octanol–water partition coefficient (Wildman–Crippen LogP) is 2.84. The predicted molar refractivity (Wildman–Crippen MR) is 86.2 cm³/mol. The van der Waals surface area contributed by atoms with Crippen molar-refractivity contribution in [2.75, 3.05) is 33.9 Å². The van der Waals surface area contributed by atoms with Crippen LogP contribution in [0.15, 0.2) is 18.2 Å². The third-order valence-electron chi connectivity index (χ3n) is 4.32. The quantitative estimate of drug-likeness (QED) is 0.905. The molecule has 0 saturated carbocycles. The number of hydrogen-bond donors (Lipinski definition) is 1. The molecule has 4 nitrogen and oxygen atoms in total. The standard InChI is InChI=1S/C17H28N2O2/c1-13(18-12-17(2,3)19(4)5)14-7-8-15-16(11-14)21-10-6-9-20-15/h7-8,11,13,18H,6,9-10,12H2,1-5H3. The molecule has 0 radical (unpaired) electrons. The van der Waals surface area contributed by atoms with Gasteiger partial charge in [0.05, 0.1) is 13.2 Å². The molecule has 1 heterocycles. The van der Waals surface area contributed by atoms with Crippen molar-refractivity contribution in [3.8, 4) is 11.5 Å². The zero-order chi connectivity index (χ0) is 15.5. The minimum Gasteiger partial charge on any atom is -0.490 e. The van der Waals surface area contributed by atoms with E-state index in [9.17, 15) is 0 Å². The number of likely N-dealkylation sites (N-methyl/N-ethyl adjacent to an activating group) is 1. The van der Waals surface area contributed by atoms with Gasteiger partial charge in [0, 0.05) is 24.5 Å². The first-order chi connectivity index (χ1) is 9.90. The van der Waals surface area contributed by atoms with Crippen molar-refractivity contribution in [1.29, 1.82) is 0 Å². The largest absolute Gasteiger partial charge is 0.490 e. The van der Waals surface area contributed by atoms with Crippen LogP contribution < -0.4 is 14.8 Å². The first-order valence-corrected chi connectivity index (χ1v) is 7.70. The van der Waals surface area contributed by atoms with E-state index >= 15 is 0 Å².